The minimum atomic E-state index is -3.26. The molecule has 1 heterocycles. The Hall–Kier alpha value is -1.36. The minimum Gasteiger partial charge on any atom is -0.384 e. The van der Waals surface area contributed by atoms with E-state index >= 15 is 0 Å². The summed E-state index contributed by atoms with van der Waals surface area (Å²) < 4.78 is 22.8. The van der Waals surface area contributed by atoms with Crippen molar-refractivity contribution in [2.45, 2.75) is 4.90 Å². The Morgan fingerprint density at radius 3 is 2.69 bits per heavy atom. The monoisotopic (exact) mass is 198 g/mol. The van der Waals surface area contributed by atoms with Crippen LogP contribution in [0.3, 0.4) is 0 Å². The first-order chi connectivity index (χ1) is 6.06. The molecule has 0 unspecified atom stereocenters. The molecule has 0 saturated heterocycles. The van der Waals surface area contributed by atoms with Gasteiger partial charge in [-0.05, 0) is 12.1 Å². The van der Waals surface area contributed by atoms with Gasteiger partial charge in [-0.25, -0.2) is 13.4 Å². The molecule has 0 aliphatic carbocycles. The molecule has 0 aliphatic heterocycles. The van der Waals surface area contributed by atoms with Crippen molar-refractivity contribution in [2.24, 2.45) is 0 Å². The fourth-order valence-corrected chi connectivity index (χ4v) is 1.82. The summed E-state index contributed by atoms with van der Waals surface area (Å²) in [6.45, 7) is 3.36. The zero-order valence-electron chi connectivity index (χ0n) is 6.97. The maximum absolute atomic E-state index is 11.4. The van der Waals surface area contributed by atoms with Gasteiger partial charge in [0.05, 0.1) is 10.6 Å². The predicted octanol–water partition coefficient (Wildman–Crippen LogP) is 0.624. The Morgan fingerprint density at radius 2 is 2.23 bits per heavy atom. The van der Waals surface area contributed by atoms with Crippen LogP contribution in [0.25, 0.3) is 0 Å². The fraction of sp³-hybridized carbons (Fsp3) is 0.125. The van der Waals surface area contributed by atoms with Crippen LogP contribution in [-0.2, 0) is 9.84 Å². The lowest BCUT2D eigenvalue weighted by atomic mass is 10.5. The van der Waals surface area contributed by atoms with Crippen molar-refractivity contribution in [1.29, 1.82) is 0 Å². The molecule has 13 heavy (non-hydrogen) atoms. The van der Waals surface area contributed by atoms with Crippen molar-refractivity contribution in [2.75, 3.05) is 11.5 Å². The SMILES string of the molecule is C=CCS(=O)(=O)c1ccc(N)nc1. The van der Waals surface area contributed by atoms with E-state index in [4.69, 9.17) is 5.73 Å². The van der Waals surface area contributed by atoms with Gasteiger partial charge in [-0.3, -0.25) is 0 Å². The van der Waals surface area contributed by atoms with Crippen LogP contribution in [0.5, 0.6) is 0 Å². The average Bonchev–Trinajstić information content (AvgIpc) is 2.05. The lowest BCUT2D eigenvalue weighted by molar-refractivity contribution is 0.598. The lowest BCUT2D eigenvalue weighted by Gasteiger charge is -2.00. The third-order valence-electron chi connectivity index (χ3n) is 1.46. The highest BCUT2D eigenvalue weighted by Crippen LogP contribution is 2.10. The van der Waals surface area contributed by atoms with Gasteiger partial charge in [-0.15, -0.1) is 6.58 Å². The molecule has 4 nitrogen and oxygen atoms in total. The molecule has 0 radical (unpaired) electrons. The van der Waals surface area contributed by atoms with Gasteiger partial charge >= 0.3 is 0 Å². The van der Waals surface area contributed by atoms with Crippen molar-refractivity contribution < 1.29 is 8.42 Å². The zero-order chi connectivity index (χ0) is 9.90. The number of aromatic nitrogens is 1. The van der Waals surface area contributed by atoms with Gasteiger partial charge in [-0.2, -0.15) is 0 Å². The van der Waals surface area contributed by atoms with Crippen molar-refractivity contribution in [3.05, 3.63) is 31.0 Å². The van der Waals surface area contributed by atoms with E-state index in [0.717, 1.165) is 0 Å². The van der Waals surface area contributed by atoms with Crippen molar-refractivity contribution in [3.63, 3.8) is 0 Å². The summed E-state index contributed by atoms with van der Waals surface area (Å²) in [5.74, 6) is 0.219. The van der Waals surface area contributed by atoms with Crippen LogP contribution in [0.1, 0.15) is 0 Å². The number of sulfone groups is 1. The third-order valence-corrected chi connectivity index (χ3v) is 3.09. The molecular formula is C8H10N2O2S. The van der Waals surface area contributed by atoms with Gasteiger partial charge in [0.25, 0.3) is 0 Å². The van der Waals surface area contributed by atoms with Crippen LogP contribution in [0, 0.1) is 0 Å². The zero-order valence-corrected chi connectivity index (χ0v) is 7.79. The number of pyridine rings is 1. The average molecular weight is 198 g/mol. The first-order valence-electron chi connectivity index (χ1n) is 3.61. The molecule has 1 rings (SSSR count). The number of nitrogens with zero attached hydrogens (tertiary/aromatic N) is 1. The number of nitrogen functional groups attached to an aromatic ring is 1. The van der Waals surface area contributed by atoms with E-state index in [1.165, 1.54) is 24.4 Å². The second-order valence-electron chi connectivity index (χ2n) is 2.49. The molecule has 2 N–H and O–H groups in total. The molecule has 0 aliphatic rings. The Labute approximate surface area is 77.0 Å². The quantitative estimate of drug-likeness (QED) is 0.723. The maximum atomic E-state index is 11.4. The van der Waals surface area contributed by atoms with E-state index in [-0.39, 0.29) is 10.6 Å². The molecule has 0 aromatic carbocycles. The summed E-state index contributed by atoms with van der Waals surface area (Å²) in [7, 11) is -3.26. The largest absolute Gasteiger partial charge is 0.384 e. The molecule has 0 amide bonds. The molecule has 0 bridgehead atoms. The topological polar surface area (TPSA) is 73.0 Å². The number of nitrogens with two attached hydrogens (primary N) is 1. The van der Waals surface area contributed by atoms with Crippen LogP contribution >= 0.6 is 0 Å². The summed E-state index contributed by atoms with van der Waals surface area (Å²) in [5.41, 5.74) is 5.32. The molecule has 0 spiro atoms. The van der Waals surface area contributed by atoms with Crippen molar-refractivity contribution >= 4 is 15.7 Å². The highest BCUT2D eigenvalue weighted by Gasteiger charge is 2.11. The molecule has 0 saturated carbocycles. The lowest BCUT2D eigenvalue weighted by Crippen LogP contribution is -2.05. The highest BCUT2D eigenvalue weighted by atomic mass is 32.2. The summed E-state index contributed by atoms with van der Waals surface area (Å²) in [6, 6.07) is 2.89. The van der Waals surface area contributed by atoms with Gasteiger partial charge in [0.1, 0.15) is 5.82 Å². The minimum absolute atomic E-state index is 0.0847. The standard InChI is InChI=1S/C8H10N2O2S/c1-2-5-13(11,12)7-3-4-8(9)10-6-7/h2-4,6H,1,5H2,(H2,9,10). The Morgan fingerprint density at radius 1 is 1.54 bits per heavy atom. The third kappa shape index (κ3) is 2.29. The summed E-state index contributed by atoms with van der Waals surface area (Å²) >= 11 is 0. The van der Waals surface area contributed by atoms with Gasteiger partial charge in [0, 0.05) is 6.20 Å². The van der Waals surface area contributed by atoms with Crippen LogP contribution in [0.2, 0.25) is 0 Å². The van der Waals surface area contributed by atoms with E-state index in [0.29, 0.717) is 5.82 Å². The van der Waals surface area contributed by atoms with Gasteiger partial charge in [0.2, 0.25) is 0 Å². The molecule has 1 aromatic heterocycles. The van der Waals surface area contributed by atoms with E-state index in [9.17, 15) is 8.42 Å². The molecule has 70 valence electrons. The number of hydrogen-bond acceptors (Lipinski definition) is 4. The number of hydrogen-bond donors (Lipinski definition) is 1. The smallest absolute Gasteiger partial charge is 0.183 e. The maximum Gasteiger partial charge on any atom is 0.183 e. The van der Waals surface area contributed by atoms with E-state index in [1.54, 1.807) is 0 Å². The van der Waals surface area contributed by atoms with Gasteiger partial charge in [0.15, 0.2) is 9.84 Å². The first-order valence-corrected chi connectivity index (χ1v) is 5.26. The predicted molar refractivity (Wildman–Crippen MR) is 50.9 cm³/mol. The first kappa shape index (κ1) is 9.73. The Balaban J connectivity index is 3.08. The van der Waals surface area contributed by atoms with Crippen molar-refractivity contribution in [3.8, 4) is 0 Å². The van der Waals surface area contributed by atoms with Crippen LogP contribution in [0.4, 0.5) is 5.82 Å². The Bertz CT molecular complexity index is 395. The van der Waals surface area contributed by atoms with Gasteiger partial charge < -0.3 is 5.73 Å². The molecule has 0 fully saturated rings. The normalized spacial score (nSPS) is 11.1. The van der Waals surface area contributed by atoms with Crippen LogP contribution in [0.15, 0.2) is 35.9 Å². The van der Waals surface area contributed by atoms with Gasteiger partial charge in [-0.1, -0.05) is 6.08 Å². The molecule has 5 heteroatoms. The van der Waals surface area contributed by atoms with Crippen LogP contribution in [-0.4, -0.2) is 19.2 Å². The second kappa shape index (κ2) is 3.57. The van der Waals surface area contributed by atoms with E-state index in [1.807, 2.05) is 0 Å². The summed E-state index contributed by atoms with van der Waals surface area (Å²) in [4.78, 5) is 3.86. The number of rotatable bonds is 3. The summed E-state index contributed by atoms with van der Waals surface area (Å²) in [5, 5.41) is 0. The second-order valence-corrected chi connectivity index (χ2v) is 4.52. The van der Waals surface area contributed by atoms with Crippen molar-refractivity contribution in [1.82, 2.24) is 4.98 Å². The van der Waals surface area contributed by atoms with E-state index in [2.05, 4.69) is 11.6 Å². The summed E-state index contributed by atoms with van der Waals surface area (Å²) in [6.07, 6.45) is 2.58. The molecule has 1 aromatic rings. The fourth-order valence-electron chi connectivity index (χ4n) is 0.827. The molecular weight excluding hydrogens is 188 g/mol. The number of anilines is 1. The molecule has 0 atom stereocenters. The Kier molecular flexibility index (Phi) is 2.67. The highest BCUT2D eigenvalue weighted by molar-refractivity contribution is 7.91. The van der Waals surface area contributed by atoms with Crippen LogP contribution < -0.4 is 5.73 Å². The van der Waals surface area contributed by atoms with E-state index < -0.39 is 9.84 Å².